The van der Waals surface area contributed by atoms with E-state index in [1.54, 1.807) is 27.7 Å². The summed E-state index contributed by atoms with van der Waals surface area (Å²) in [7, 11) is 0. The van der Waals surface area contributed by atoms with Gasteiger partial charge in [0.2, 0.25) is 41.4 Å². The fourth-order valence-electron chi connectivity index (χ4n) is 10.8. The number of aliphatic hydroxyl groups excluding tert-OH is 3. The second-order valence-corrected chi connectivity index (χ2v) is 24.8. The number of unbranched alkanes of at least 4 members (excludes halogenated alkanes) is 1. The number of nitrogens with two attached hydrogens (primary N) is 1. The van der Waals surface area contributed by atoms with Gasteiger partial charge in [-0.05, 0) is 90.4 Å². The number of carbonyl (C=O) groups excluding carboxylic acids is 9. The Kier molecular flexibility index (Phi) is 27.0. The molecule has 1 aromatic heterocycles. The van der Waals surface area contributed by atoms with Crippen LogP contribution < -0.4 is 43.0 Å². The molecule has 7 unspecified atom stereocenters. The number of carboxylic acid groups (broad SMARTS) is 1. The number of aliphatic imine (C=N–C) groups is 1. The Morgan fingerprint density at radius 2 is 1.16 bits per heavy atom. The lowest BCUT2D eigenvalue weighted by Crippen LogP contribution is -2.61. The van der Waals surface area contributed by atoms with Gasteiger partial charge in [0.05, 0.1) is 25.1 Å². The Morgan fingerprint density at radius 3 is 1.66 bits per heavy atom. The number of primary amides is 1. The molecule has 26 heteroatoms. The number of H-pyrrole nitrogens is 1. The molecule has 3 aromatic rings. The summed E-state index contributed by atoms with van der Waals surface area (Å²) in [6.07, 6.45) is 2.09. The molecule has 1 heterocycles. The number of aromatic amines is 1. The maximum Gasteiger partial charge on any atom is 0.407 e. The zero-order valence-electron chi connectivity index (χ0n) is 52.0. The van der Waals surface area contributed by atoms with Crippen LogP contribution in [0.15, 0.2) is 77.4 Å². The number of aromatic nitrogens is 2. The molecule has 5 rings (SSSR count). The van der Waals surface area contributed by atoms with Crippen molar-refractivity contribution in [2.75, 3.05) is 26.4 Å². The number of ketones is 1. The Bertz CT molecular complexity index is 3000. The molecule has 2 aliphatic rings. The highest BCUT2D eigenvalue weighted by Crippen LogP contribution is 2.44. The van der Waals surface area contributed by atoms with Crippen LogP contribution in [0.1, 0.15) is 142 Å². The minimum absolute atomic E-state index is 0.0347. The Balaban J connectivity index is 1.34. The van der Waals surface area contributed by atoms with E-state index in [4.69, 9.17) is 15.5 Å². The van der Waals surface area contributed by atoms with Gasteiger partial charge in [0.1, 0.15) is 54.7 Å². The first-order chi connectivity index (χ1) is 42.1. The number of benzene rings is 2. The lowest BCUT2D eigenvalue weighted by Gasteiger charge is -2.30. The first kappa shape index (κ1) is 71.2. The lowest BCUT2D eigenvalue weighted by atomic mass is 9.75. The van der Waals surface area contributed by atoms with Crippen LogP contribution in [0, 0.1) is 23.2 Å². The van der Waals surface area contributed by atoms with E-state index in [0.717, 1.165) is 22.3 Å². The number of nitrogens with one attached hydrogen (secondary N) is 8. The van der Waals surface area contributed by atoms with Gasteiger partial charge >= 0.3 is 12.1 Å². The number of amides is 8. The third-order valence-corrected chi connectivity index (χ3v) is 15.1. The zero-order valence-corrected chi connectivity index (χ0v) is 52.0. The third kappa shape index (κ3) is 21.6. The lowest BCUT2D eigenvalue weighted by molar-refractivity contribution is -0.143. The molecule has 0 bridgehead atoms. The molecule has 0 saturated heterocycles. The molecule has 14 N–H and O–H groups in total. The number of Topliss-reactive ketones (excluding diaryl/α,β-unsaturated/α-hetero) is 1. The average molecular weight is 1240 g/mol. The van der Waals surface area contributed by atoms with E-state index in [9.17, 15) is 68.4 Å². The largest absolute Gasteiger partial charge is 0.511 e. The zero-order chi connectivity index (χ0) is 65.7. The van der Waals surface area contributed by atoms with E-state index >= 15 is 0 Å². The number of imidazole rings is 1. The molecule has 2 aliphatic carbocycles. The molecule has 0 spiro atoms. The van der Waals surface area contributed by atoms with Gasteiger partial charge in [-0.1, -0.05) is 104 Å². The number of allylic oxidation sites excluding steroid dienone is 2. The number of carbonyl (C=O) groups is 10. The SMILES string of the molecule is CC(C)CC(=NCCCCC(NC(=O)C(CO)NC(=O)C(CO)NC(=O)C(Cc1cnc[nH]1)NC(=O)OCC1c2ccccc2-c2ccccc21)C(=O)NC(CC(C)C)C(=O)NC(CCC(N)=O)C(=O)NC(CC(C)C)C(=O)O)C1=C(O)CC(C)(C)CC1=O. The van der Waals surface area contributed by atoms with Crippen molar-refractivity contribution >= 4 is 64.9 Å². The summed E-state index contributed by atoms with van der Waals surface area (Å²) in [6, 6.07) is 4.67. The Labute approximate surface area is 518 Å². The molecule has 0 fully saturated rings. The first-order valence-corrected chi connectivity index (χ1v) is 30.2. The number of fused-ring (bicyclic) bond motifs is 3. The molecule has 2 aromatic carbocycles. The topological polar surface area (TPSA) is 412 Å². The number of carboxylic acids is 1. The molecular formula is C63H89N11O15. The van der Waals surface area contributed by atoms with Gasteiger partial charge < -0.3 is 73.1 Å². The monoisotopic (exact) mass is 1240 g/mol. The number of nitrogens with zero attached hydrogens (tertiary/aromatic N) is 2. The molecule has 89 heavy (non-hydrogen) atoms. The first-order valence-electron chi connectivity index (χ1n) is 30.2. The van der Waals surface area contributed by atoms with Gasteiger partial charge in [0.15, 0.2) is 5.78 Å². The smallest absolute Gasteiger partial charge is 0.407 e. The number of hydrogen-bond acceptors (Lipinski definition) is 16. The molecule has 8 amide bonds. The maximum absolute atomic E-state index is 14.5. The number of hydrogen-bond donors (Lipinski definition) is 13. The summed E-state index contributed by atoms with van der Waals surface area (Å²) in [5, 5.41) is 59.3. The van der Waals surface area contributed by atoms with Gasteiger partial charge in [-0.15, -0.1) is 0 Å². The summed E-state index contributed by atoms with van der Waals surface area (Å²) in [6.45, 7) is 12.6. The number of alkyl carbamates (subject to hydrolysis) is 1. The maximum atomic E-state index is 14.5. The highest BCUT2D eigenvalue weighted by atomic mass is 16.5. The Hall–Kier alpha value is -8.52. The van der Waals surface area contributed by atoms with Crippen LogP contribution in [0.3, 0.4) is 0 Å². The van der Waals surface area contributed by atoms with Crippen molar-refractivity contribution in [3.63, 3.8) is 0 Å². The van der Waals surface area contributed by atoms with Crippen LogP contribution in [-0.4, -0.2) is 164 Å². The minimum Gasteiger partial charge on any atom is -0.511 e. The van der Waals surface area contributed by atoms with Crippen molar-refractivity contribution in [2.45, 2.75) is 174 Å². The summed E-state index contributed by atoms with van der Waals surface area (Å²) >= 11 is 0. The van der Waals surface area contributed by atoms with Crippen LogP contribution in [0.25, 0.3) is 11.1 Å². The van der Waals surface area contributed by atoms with Gasteiger partial charge in [-0.2, -0.15) is 0 Å². The van der Waals surface area contributed by atoms with Crippen molar-refractivity contribution < 1.29 is 73.1 Å². The molecule has 7 atom stereocenters. The van der Waals surface area contributed by atoms with Crippen LogP contribution >= 0.6 is 0 Å². The van der Waals surface area contributed by atoms with Crippen molar-refractivity contribution in [1.29, 1.82) is 0 Å². The molecular weight excluding hydrogens is 1150 g/mol. The molecule has 486 valence electrons. The molecule has 0 aliphatic heterocycles. The quantitative estimate of drug-likeness (QED) is 0.0297. The summed E-state index contributed by atoms with van der Waals surface area (Å²) in [5.41, 5.74) is 9.87. The average Bonchev–Trinajstić information content (AvgIpc) is 2.03. The van der Waals surface area contributed by atoms with Crippen molar-refractivity contribution in [1.82, 2.24) is 47.2 Å². The van der Waals surface area contributed by atoms with Crippen molar-refractivity contribution in [3.05, 3.63) is 89.2 Å². The van der Waals surface area contributed by atoms with Crippen molar-refractivity contribution in [3.8, 4) is 11.1 Å². The van der Waals surface area contributed by atoms with Gasteiger partial charge in [-0.25, -0.2) is 14.6 Å². The van der Waals surface area contributed by atoms with Gasteiger partial charge in [0.25, 0.3) is 0 Å². The summed E-state index contributed by atoms with van der Waals surface area (Å²) < 4.78 is 5.69. The predicted octanol–water partition coefficient (Wildman–Crippen LogP) is 3.05. The highest BCUT2D eigenvalue weighted by molar-refractivity contribution is 6.23. The van der Waals surface area contributed by atoms with E-state index in [-0.39, 0.29) is 118 Å². The standard InChI is InChI=1S/C63H89N11O15/c1-34(2)23-45(54-51(77)27-63(7,8)28-52(54)78)66-22-14-13-19-43(55(80)70-46(24-35(3)4)57(82)69-44(20-21-53(64)79)56(81)71-48(61(86)87)25-36(5)6)68-59(84)49(30-75)73-60(85)50(31-76)72-58(83)47(26-37-29-65-33-67-37)74-62(88)89-32-42-40-17-11-9-15-38(40)39-16-10-12-18-41(39)42/h9-12,15-18,29,33-36,42-44,46-50,75-77H,13-14,19-28,30-32H2,1-8H3,(H2,64,79)(H,65,67)(H,68,84)(H,69,82)(H,70,80)(H,71,81)(H,72,83)(H,73,85)(H,74,88)(H,86,87). The Morgan fingerprint density at radius 1 is 0.663 bits per heavy atom. The fourth-order valence-corrected chi connectivity index (χ4v) is 10.8. The summed E-state index contributed by atoms with van der Waals surface area (Å²) in [4.78, 5) is 147. The third-order valence-electron chi connectivity index (χ3n) is 15.1. The number of aliphatic carboxylic acids is 1. The van der Waals surface area contributed by atoms with E-state index < -0.39 is 114 Å². The van der Waals surface area contributed by atoms with E-state index in [1.165, 1.54) is 12.5 Å². The predicted molar refractivity (Wildman–Crippen MR) is 328 cm³/mol. The molecule has 0 radical (unpaired) electrons. The number of rotatable bonds is 35. The molecule has 26 nitrogen and oxygen atoms in total. The van der Waals surface area contributed by atoms with Crippen molar-refractivity contribution in [2.24, 2.45) is 33.9 Å². The second-order valence-electron chi connectivity index (χ2n) is 24.8. The van der Waals surface area contributed by atoms with Crippen LogP contribution in [0.2, 0.25) is 0 Å². The van der Waals surface area contributed by atoms with E-state index in [1.807, 2.05) is 76.2 Å². The number of aliphatic hydroxyl groups is 3. The van der Waals surface area contributed by atoms with Gasteiger partial charge in [-0.3, -0.25) is 43.3 Å². The second kappa shape index (κ2) is 33.7. The van der Waals surface area contributed by atoms with Crippen LogP contribution in [0.4, 0.5) is 4.79 Å². The van der Waals surface area contributed by atoms with E-state index in [0.29, 0.717) is 17.8 Å². The fraction of sp³-hybridized carbons (Fsp3) is 0.556. The van der Waals surface area contributed by atoms with Crippen LogP contribution in [-0.2, 0) is 54.3 Å². The van der Waals surface area contributed by atoms with Gasteiger partial charge in [0, 0.05) is 55.7 Å². The summed E-state index contributed by atoms with van der Waals surface area (Å²) in [5.74, 6) is -9.08. The number of ether oxygens (including phenoxy) is 1. The van der Waals surface area contributed by atoms with E-state index in [2.05, 4.69) is 47.2 Å². The van der Waals surface area contributed by atoms with Crippen LogP contribution in [0.5, 0.6) is 0 Å². The normalized spacial score (nSPS) is 16.2. The molecule has 0 saturated carbocycles. The minimum atomic E-state index is -1.82. The highest BCUT2D eigenvalue weighted by Gasteiger charge is 2.38.